The molecule has 1 rings (SSSR count). The largest absolute Gasteiger partial charge is 0.508 e. The fraction of sp³-hybridized carbons (Fsp3) is 0.222. The van der Waals surface area contributed by atoms with Gasteiger partial charge in [0.25, 0.3) is 0 Å². The molecule has 0 fully saturated rings. The number of rotatable bonds is 1. The molecule has 0 saturated heterocycles. The number of benzene rings is 1. The third-order valence-electron chi connectivity index (χ3n) is 1.41. The maximum Gasteiger partial charge on any atom is 0.173 e. The van der Waals surface area contributed by atoms with Gasteiger partial charge in [0.05, 0.1) is 5.56 Å². The molecule has 0 bridgehead atoms. The molecule has 0 atom stereocenters. The van der Waals surface area contributed by atoms with Gasteiger partial charge in [-0.2, -0.15) is 0 Å². The molecule has 0 aliphatic carbocycles. The monoisotopic (exact) mass is 166 g/mol. The molecule has 0 aliphatic heterocycles. The molecule has 0 radical (unpaired) electrons. The van der Waals surface area contributed by atoms with Crippen LogP contribution >= 0.6 is 0 Å². The molecule has 0 aromatic heterocycles. The summed E-state index contributed by atoms with van der Waals surface area (Å²) < 4.78 is 1.83. The first kappa shape index (κ1) is 8.59. The summed E-state index contributed by atoms with van der Waals surface area (Å²) in [5.74, 6) is 0.159. The topological polar surface area (TPSA) is 43.5 Å². The van der Waals surface area contributed by atoms with E-state index in [-0.39, 0.29) is 11.5 Å². The fourth-order valence-electron chi connectivity index (χ4n) is 0.919. The summed E-state index contributed by atoms with van der Waals surface area (Å²) in [6.45, 7) is 0. The summed E-state index contributed by atoms with van der Waals surface area (Å²) in [5.41, 5.74) is 0.692. The molecule has 0 saturated carbocycles. The Bertz CT molecular complexity index is 314. The van der Waals surface area contributed by atoms with Crippen molar-refractivity contribution < 1.29 is 14.8 Å². The molecular weight excluding hydrogens is 154 g/mol. The summed E-state index contributed by atoms with van der Waals surface area (Å²) in [6, 6.07) is 4.51. The molecule has 0 aliphatic rings. The lowest BCUT2D eigenvalue weighted by atomic mass is 10.2. The number of aromatic hydroxyl groups is 2. The molecule has 0 spiro atoms. The average Bonchev–Trinajstić information content (AvgIpc) is 1.94. The Kier molecular flexibility index (Phi) is 2.33. The van der Waals surface area contributed by atoms with Crippen molar-refractivity contribution in [2.24, 2.45) is 0 Å². The third-order valence-corrected chi connectivity index (χ3v) is 1.41. The van der Waals surface area contributed by atoms with Crippen molar-refractivity contribution in [1.82, 2.24) is 0 Å². The zero-order chi connectivity index (χ0) is 9.14. The highest BCUT2D eigenvalue weighted by Gasteiger charge is 2.01. The maximum atomic E-state index is 9.32. The van der Waals surface area contributed by atoms with Gasteiger partial charge < -0.3 is 10.2 Å². The van der Waals surface area contributed by atoms with E-state index in [0.29, 0.717) is 5.56 Å². The summed E-state index contributed by atoms with van der Waals surface area (Å²) in [7, 11) is 3.73. The Balaban J connectivity index is 3.10. The normalized spacial score (nSPS) is 9.50. The molecule has 2 N–H and O–H groups in total. The van der Waals surface area contributed by atoms with Crippen molar-refractivity contribution >= 4 is 6.21 Å². The minimum atomic E-state index is 0.0726. The first-order chi connectivity index (χ1) is 5.59. The zero-order valence-electron chi connectivity index (χ0n) is 7.15. The van der Waals surface area contributed by atoms with Crippen molar-refractivity contribution in [1.29, 1.82) is 0 Å². The van der Waals surface area contributed by atoms with Crippen LogP contribution in [0.2, 0.25) is 0 Å². The van der Waals surface area contributed by atoms with Crippen LogP contribution in [-0.2, 0) is 0 Å². The molecule has 3 heteroatoms. The van der Waals surface area contributed by atoms with Gasteiger partial charge in [0, 0.05) is 6.07 Å². The fourth-order valence-corrected chi connectivity index (χ4v) is 0.919. The van der Waals surface area contributed by atoms with Crippen molar-refractivity contribution in [2.75, 3.05) is 14.1 Å². The predicted octanol–water partition coefficient (Wildman–Crippen LogP) is 0.789. The average molecular weight is 166 g/mol. The summed E-state index contributed by atoms with van der Waals surface area (Å²) in [4.78, 5) is 0. The van der Waals surface area contributed by atoms with Crippen LogP contribution in [-0.4, -0.2) is 35.1 Å². The number of hydrogen-bond donors (Lipinski definition) is 2. The second-order valence-corrected chi connectivity index (χ2v) is 2.84. The number of nitrogens with zero attached hydrogens (tertiary/aromatic N) is 1. The van der Waals surface area contributed by atoms with E-state index in [1.165, 1.54) is 12.1 Å². The van der Waals surface area contributed by atoms with Crippen LogP contribution in [0.5, 0.6) is 11.5 Å². The van der Waals surface area contributed by atoms with E-state index in [1.807, 2.05) is 18.7 Å². The maximum absolute atomic E-state index is 9.32. The van der Waals surface area contributed by atoms with Crippen molar-refractivity contribution in [3.05, 3.63) is 23.8 Å². The Hall–Kier alpha value is -1.51. The summed E-state index contributed by atoms with van der Waals surface area (Å²) in [5, 5.41) is 18.3. The van der Waals surface area contributed by atoms with Gasteiger partial charge in [-0.1, -0.05) is 0 Å². The Morgan fingerprint density at radius 2 is 1.92 bits per heavy atom. The van der Waals surface area contributed by atoms with Gasteiger partial charge in [0.2, 0.25) is 0 Å². The van der Waals surface area contributed by atoms with Gasteiger partial charge in [-0.15, -0.1) is 0 Å². The minimum Gasteiger partial charge on any atom is -0.508 e. The van der Waals surface area contributed by atoms with Crippen LogP contribution in [0.25, 0.3) is 0 Å². The number of phenols is 2. The smallest absolute Gasteiger partial charge is 0.173 e. The van der Waals surface area contributed by atoms with Crippen LogP contribution < -0.4 is 0 Å². The quantitative estimate of drug-likeness (QED) is 0.478. The molecule has 3 nitrogen and oxygen atoms in total. The minimum absolute atomic E-state index is 0.0726. The summed E-state index contributed by atoms with van der Waals surface area (Å²) >= 11 is 0. The van der Waals surface area contributed by atoms with Crippen LogP contribution in [0.4, 0.5) is 0 Å². The highest BCUT2D eigenvalue weighted by Crippen LogP contribution is 2.20. The third kappa shape index (κ3) is 1.99. The molecule has 64 valence electrons. The lowest BCUT2D eigenvalue weighted by molar-refractivity contribution is -0.458. The molecule has 0 heterocycles. The standard InChI is InChI=1S/C9H11NO2/c1-10(2)6-7-3-4-8(11)5-9(7)12/h3-6H,1-2H3,(H,11,12)/p+1. The second kappa shape index (κ2) is 3.26. The van der Waals surface area contributed by atoms with E-state index in [9.17, 15) is 5.11 Å². The Labute approximate surface area is 71.2 Å². The number of hydrogen-bond acceptors (Lipinski definition) is 2. The van der Waals surface area contributed by atoms with Gasteiger partial charge in [-0.3, -0.25) is 0 Å². The molecule has 0 amide bonds. The van der Waals surface area contributed by atoms with Crippen molar-refractivity contribution in [3.8, 4) is 11.5 Å². The van der Waals surface area contributed by atoms with E-state index in [0.717, 1.165) is 0 Å². The lowest BCUT2D eigenvalue weighted by Gasteiger charge is -1.97. The van der Waals surface area contributed by atoms with Gasteiger partial charge >= 0.3 is 0 Å². The Morgan fingerprint density at radius 3 is 2.42 bits per heavy atom. The van der Waals surface area contributed by atoms with Crippen LogP contribution in [0.15, 0.2) is 18.2 Å². The lowest BCUT2D eigenvalue weighted by Crippen LogP contribution is -1.99. The first-order valence-corrected chi connectivity index (χ1v) is 3.63. The van der Waals surface area contributed by atoms with Crippen molar-refractivity contribution in [2.45, 2.75) is 0 Å². The van der Waals surface area contributed by atoms with Gasteiger partial charge in [0.15, 0.2) is 6.21 Å². The van der Waals surface area contributed by atoms with Crippen molar-refractivity contribution in [3.63, 3.8) is 0 Å². The molecule has 1 aromatic rings. The summed E-state index contributed by atoms with van der Waals surface area (Å²) in [6.07, 6.45) is 1.77. The second-order valence-electron chi connectivity index (χ2n) is 2.84. The molecular formula is C9H12NO2+. The zero-order valence-corrected chi connectivity index (χ0v) is 7.15. The highest BCUT2D eigenvalue weighted by atomic mass is 16.3. The highest BCUT2D eigenvalue weighted by molar-refractivity contribution is 5.80. The van der Waals surface area contributed by atoms with Gasteiger partial charge in [-0.05, 0) is 12.1 Å². The van der Waals surface area contributed by atoms with E-state index in [1.54, 1.807) is 12.3 Å². The Morgan fingerprint density at radius 1 is 1.25 bits per heavy atom. The number of phenolic OH excluding ortho intramolecular Hbond substituents is 2. The SMILES string of the molecule is C[N+](C)=Cc1ccc(O)cc1O. The molecule has 1 aromatic carbocycles. The van der Waals surface area contributed by atoms with E-state index >= 15 is 0 Å². The molecule has 0 unspecified atom stereocenters. The van der Waals surface area contributed by atoms with Gasteiger partial charge in [-0.25, -0.2) is 4.58 Å². The van der Waals surface area contributed by atoms with Crippen LogP contribution in [0.1, 0.15) is 5.56 Å². The van der Waals surface area contributed by atoms with Crippen LogP contribution in [0, 0.1) is 0 Å². The van der Waals surface area contributed by atoms with Gasteiger partial charge in [0.1, 0.15) is 25.6 Å². The molecule has 12 heavy (non-hydrogen) atoms. The predicted molar refractivity (Wildman–Crippen MR) is 47.0 cm³/mol. The van der Waals surface area contributed by atoms with E-state index < -0.39 is 0 Å². The van der Waals surface area contributed by atoms with Crippen LogP contribution in [0.3, 0.4) is 0 Å². The van der Waals surface area contributed by atoms with E-state index in [4.69, 9.17) is 5.11 Å². The first-order valence-electron chi connectivity index (χ1n) is 3.63. The van der Waals surface area contributed by atoms with E-state index in [2.05, 4.69) is 0 Å².